The molecule has 1 aromatic rings. The highest BCUT2D eigenvalue weighted by Crippen LogP contribution is 2.09. The highest BCUT2D eigenvalue weighted by Gasteiger charge is 2.19. The van der Waals surface area contributed by atoms with E-state index in [0.717, 1.165) is 31.7 Å². The molecule has 0 spiro atoms. The van der Waals surface area contributed by atoms with Gasteiger partial charge in [0.05, 0.1) is 6.54 Å². The molecule has 1 fully saturated rings. The van der Waals surface area contributed by atoms with Crippen LogP contribution in [0, 0.1) is 0 Å². The Morgan fingerprint density at radius 1 is 1.42 bits per heavy atom. The quantitative estimate of drug-likeness (QED) is 0.859. The van der Waals surface area contributed by atoms with Crippen LogP contribution in [-0.4, -0.2) is 60.5 Å². The number of pyridine rings is 1. The zero-order valence-corrected chi connectivity index (χ0v) is 11.7. The normalized spacial score (nSPS) is 18.3. The number of aromatic nitrogens is 1. The first-order valence-electron chi connectivity index (χ1n) is 6.76. The largest absolute Gasteiger partial charge is 0.339 e. The molecule has 19 heavy (non-hydrogen) atoms. The third kappa shape index (κ3) is 4.01. The summed E-state index contributed by atoms with van der Waals surface area (Å²) < 4.78 is 0. The maximum atomic E-state index is 12.1. The summed E-state index contributed by atoms with van der Waals surface area (Å²) in [6, 6.07) is 4.07. The zero-order valence-electron chi connectivity index (χ0n) is 11.7. The molecular formula is C14H22N4O. The smallest absolute Gasteiger partial charge is 0.236 e. The third-order valence-electron chi connectivity index (χ3n) is 3.60. The molecule has 0 aliphatic carbocycles. The van der Waals surface area contributed by atoms with E-state index in [9.17, 15) is 4.79 Å². The van der Waals surface area contributed by atoms with Gasteiger partial charge in [-0.2, -0.15) is 0 Å². The van der Waals surface area contributed by atoms with Gasteiger partial charge in [-0.3, -0.25) is 9.78 Å². The number of nitrogens with zero attached hydrogens (tertiary/aromatic N) is 3. The number of piperazine rings is 1. The van der Waals surface area contributed by atoms with E-state index in [-0.39, 0.29) is 11.9 Å². The van der Waals surface area contributed by atoms with Crippen LogP contribution in [0.4, 0.5) is 0 Å². The first kappa shape index (κ1) is 14.0. The summed E-state index contributed by atoms with van der Waals surface area (Å²) in [5, 5.41) is 3.26. The molecule has 1 aromatic heterocycles. The standard InChI is InChI=1S/C14H22N4O/c1-12(13-4-3-5-15-10-13)16-11-14(19)18-8-6-17(2)7-9-18/h3-5,10,12,16H,6-9,11H2,1-2H3/t12-/m0/s1. The molecule has 0 saturated carbocycles. The zero-order chi connectivity index (χ0) is 13.7. The van der Waals surface area contributed by atoms with Crippen LogP contribution in [-0.2, 0) is 4.79 Å². The van der Waals surface area contributed by atoms with Crippen LogP contribution in [0.25, 0.3) is 0 Å². The van der Waals surface area contributed by atoms with Gasteiger partial charge in [-0.05, 0) is 25.6 Å². The van der Waals surface area contributed by atoms with Crippen LogP contribution in [0.2, 0.25) is 0 Å². The van der Waals surface area contributed by atoms with Crippen molar-refractivity contribution in [3.05, 3.63) is 30.1 Å². The Balaban J connectivity index is 1.77. The first-order valence-corrected chi connectivity index (χ1v) is 6.76. The van der Waals surface area contributed by atoms with Gasteiger partial charge in [0.25, 0.3) is 0 Å². The highest BCUT2D eigenvalue weighted by molar-refractivity contribution is 5.78. The average molecular weight is 262 g/mol. The molecule has 1 saturated heterocycles. The average Bonchev–Trinajstić information content (AvgIpc) is 2.46. The highest BCUT2D eigenvalue weighted by atomic mass is 16.2. The number of carbonyl (C=O) groups is 1. The predicted octanol–water partition coefficient (Wildman–Crippen LogP) is 0.506. The van der Waals surface area contributed by atoms with E-state index in [2.05, 4.69) is 22.2 Å². The molecule has 0 radical (unpaired) electrons. The molecular weight excluding hydrogens is 240 g/mol. The molecule has 1 aliphatic rings. The molecule has 1 aliphatic heterocycles. The summed E-state index contributed by atoms with van der Waals surface area (Å²) in [5.41, 5.74) is 1.11. The number of carbonyl (C=O) groups excluding carboxylic acids is 1. The van der Waals surface area contributed by atoms with E-state index in [1.807, 2.05) is 30.2 Å². The van der Waals surface area contributed by atoms with Crippen molar-refractivity contribution < 1.29 is 4.79 Å². The Morgan fingerprint density at radius 2 is 2.16 bits per heavy atom. The van der Waals surface area contributed by atoms with Gasteiger partial charge in [0, 0.05) is 44.6 Å². The molecule has 0 bridgehead atoms. The Labute approximate surface area is 114 Å². The van der Waals surface area contributed by atoms with Crippen molar-refractivity contribution in [1.82, 2.24) is 20.1 Å². The van der Waals surface area contributed by atoms with E-state index in [4.69, 9.17) is 0 Å². The molecule has 5 nitrogen and oxygen atoms in total. The van der Waals surface area contributed by atoms with Gasteiger partial charge in [-0.1, -0.05) is 6.07 Å². The second-order valence-electron chi connectivity index (χ2n) is 5.07. The van der Waals surface area contributed by atoms with Gasteiger partial charge in [0.2, 0.25) is 5.91 Å². The van der Waals surface area contributed by atoms with Crippen LogP contribution >= 0.6 is 0 Å². The van der Waals surface area contributed by atoms with E-state index >= 15 is 0 Å². The molecule has 2 heterocycles. The lowest BCUT2D eigenvalue weighted by molar-refractivity contribution is -0.131. The minimum absolute atomic E-state index is 0.144. The van der Waals surface area contributed by atoms with Gasteiger partial charge in [-0.15, -0.1) is 0 Å². The van der Waals surface area contributed by atoms with Crippen molar-refractivity contribution in [2.75, 3.05) is 39.8 Å². The van der Waals surface area contributed by atoms with E-state index in [1.165, 1.54) is 0 Å². The monoisotopic (exact) mass is 262 g/mol. The molecule has 1 N–H and O–H groups in total. The number of hydrogen-bond donors (Lipinski definition) is 1. The summed E-state index contributed by atoms with van der Waals surface area (Å²) >= 11 is 0. The number of likely N-dealkylation sites (N-methyl/N-ethyl adjacent to an activating group) is 1. The molecule has 2 rings (SSSR count). The van der Waals surface area contributed by atoms with Crippen LogP contribution in [0.5, 0.6) is 0 Å². The topological polar surface area (TPSA) is 48.5 Å². The Morgan fingerprint density at radius 3 is 2.79 bits per heavy atom. The first-order chi connectivity index (χ1) is 9.16. The SMILES string of the molecule is C[C@H](NCC(=O)N1CCN(C)CC1)c1cccnc1. The molecule has 0 aromatic carbocycles. The lowest BCUT2D eigenvalue weighted by Gasteiger charge is -2.32. The number of nitrogens with one attached hydrogen (secondary N) is 1. The second-order valence-corrected chi connectivity index (χ2v) is 5.07. The van der Waals surface area contributed by atoms with E-state index in [1.54, 1.807) is 6.20 Å². The molecule has 0 unspecified atom stereocenters. The van der Waals surface area contributed by atoms with Crippen LogP contribution in [0.3, 0.4) is 0 Å². The lowest BCUT2D eigenvalue weighted by atomic mass is 10.1. The molecule has 1 amide bonds. The van der Waals surface area contributed by atoms with Crippen molar-refractivity contribution in [2.24, 2.45) is 0 Å². The molecule has 1 atom stereocenters. The fraction of sp³-hybridized carbons (Fsp3) is 0.571. The Hall–Kier alpha value is -1.46. The van der Waals surface area contributed by atoms with Gasteiger partial charge in [-0.25, -0.2) is 0 Å². The third-order valence-corrected chi connectivity index (χ3v) is 3.60. The summed E-state index contributed by atoms with van der Waals surface area (Å²) in [4.78, 5) is 20.3. The molecule has 5 heteroatoms. The maximum absolute atomic E-state index is 12.1. The van der Waals surface area contributed by atoms with Gasteiger partial charge in [0.1, 0.15) is 0 Å². The van der Waals surface area contributed by atoms with Crippen LogP contribution < -0.4 is 5.32 Å². The fourth-order valence-electron chi connectivity index (χ4n) is 2.16. The van der Waals surface area contributed by atoms with Crippen molar-refractivity contribution >= 4 is 5.91 Å². The Bertz CT molecular complexity index is 401. The minimum Gasteiger partial charge on any atom is -0.339 e. The number of amides is 1. The lowest BCUT2D eigenvalue weighted by Crippen LogP contribution is -2.49. The Kier molecular flexibility index (Phi) is 4.87. The summed E-state index contributed by atoms with van der Waals surface area (Å²) in [5.74, 6) is 0.184. The second kappa shape index (κ2) is 6.63. The minimum atomic E-state index is 0.144. The van der Waals surface area contributed by atoms with Crippen LogP contribution in [0.15, 0.2) is 24.5 Å². The van der Waals surface area contributed by atoms with Crippen LogP contribution in [0.1, 0.15) is 18.5 Å². The van der Waals surface area contributed by atoms with Crippen molar-refractivity contribution in [3.63, 3.8) is 0 Å². The van der Waals surface area contributed by atoms with Gasteiger partial charge in [0.15, 0.2) is 0 Å². The predicted molar refractivity (Wildman–Crippen MR) is 74.7 cm³/mol. The number of rotatable bonds is 4. The van der Waals surface area contributed by atoms with Crippen molar-refractivity contribution in [3.8, 4) is 0 Å². The van der Waals surface area contributed by atoms with E-state index in [0.29, 0.717) is 6.54 Å². The fourth-order valence-corrected chi connectivity index (χ4v) is 2.16. The van der Waals surface area contributed by atoms with Gasteiger partial charge < -0.3 is 15.1 Å². The maximum Gasteiger partial charge on any atom is 0.236 e. The summed E-state index contributed by atoms with van der Waals surface area (Å²) in [6.07, 6.45) is 3.59. The number of hydrogen-bond acceptors (Lipinski definition) is 4. The van der Waals surface area contributed by atoms with Crippen molar-refractivity contribution in [2.45, 2.75) is 13.0 Å². The summed E-state index contributed by atoms with van der Waals surface area (Å²) in [6.45, 7) is 6.03. The van der Waals surface area contributed by atoms with Gasteiger partial charge >= 0.3 is 0 Å². The van der Waals surface area contributed by atoms with E-state index < -0.39 is 0 Å². The van der Waals surface area contributed by atoms with Crippen molar-refractivity contribution in [1.29, 1.82) is 0 Å². The molecule has 104 valence electrons. The summed E-state index contributed by atoms with van der Waals surface area (Å²) in [7, 11) is 2.09.